The van der Waals surface area contributed by atoms with Crippen LogP contribution in [0.25, 0.3) is 0 Å². The number of piperazine rings is 1. The Kier molecular flexibility index (Phi) is 3.16. The molecule has 0 N–H and O–H groups in total. The third-order valence-corrected chi connectivity index (χ3v) is 4.35. The van der Waals surface area contributed by atoms with Gasteiger partial charge in [-0.15, -0.1) is 0 Å². The molecule has 2 unspecified atom stereocenters. The molecule has 100 valence electrons. The van der Waals surface area contributed by atoms with Crippen LogP contribution in [0.2, 0.25) is 0 Å². The van der Waals surface area contributed by atoms with Gasteiger partial charge in [-0.25, -0.2) is 4.39 Å². The standard InChI is InChI=1S/C15H18FN3/c1-11-9-18-7-3-4-12(18)10-19(11)15-6-2-5-14(16)13(15)8-17/h2,5-6,11-12H,3-4,7,9-10H2,1H3. The van der Waals surface area contributed by atoms with Crippen LogP contribution in [0.5, 0.6) is 0 Å². The topological polar surface area (TPSA) is 30.3 Å². The van der Waals surface area contributed by atoms with Crippen LogP contribution in [0.3, 0.4) is 0 Å². The Hall–Kier alpha value is -1.60. The molecule has 0 amide bonds. The van der Waals surface area contributed by atoms with Gasteiger partial charge >= 0.3 is 0 Å². The maximum Gasteiger partial charge on any atom is 0.143 e. The predicted molar refractivity (Wildman–Crippen MR) is 72.5 cm³/mol. The molecule has 2 atom stereocenters. The number of benzene rings is 1. The Morgan fingerprint density at radius 2 is 2.21 bits per heavy atom. The molecule has 2 aliphatic rings. The SMILES string of the molecule is CC1CN2CCCC2CN1c1cccc(F)c1C#N. The minimum absolute atomic E-state index is 0.181. The van der Waals surface area contributed by atoms with E-state index in [0.717, 1.165) is 18.8 Å². The predicted octanol–water partition coefficient (Wildman–Crippen LogP) is 2.37. The molecule has 2 aliphatic heterocycles. The monoisotopic (exact) mass is 259 g/mol. The average Bonchev–Trinajstić information content (AvgIpc) is 2.84. The summed E-state index contributed by atoms with van der Waals surface area (Å²) in [5.41, 5.74) is 0.933. The van der Waals surface area contributed by atoms with E-state index in [1.165, 1.54) is 25.5 Å². The van der Waals surface area contributed by atoms with Crippen molar-refractivity contribution < 1.29 is 4.39 Å². The van der Waals surface area contributed by atoms with E-state index in [1.807, 2.05) is 12.1 Å². The van der Waals surface area contributed by atoms with E-state index in [2.05, 4.69) is 16.7 Å². The van der Waals surface area contributed by atoms with Crippen molar-refractivity contribution in [3.63, 3.8) is 0 Å². The molecule has 0 saturated carbocycles. The minimum Gasteiger partial charge on any atom is -0.365 e. The number of fused-ring (bicyclic) bond motifs is 1. The largest absolute Gasteiger partial charge is 0.365 e. The van der Waals surface area contributed by atoms with Crippen LogP contribution < -0.4 is 4.90 Å². The highest BCUT2D eigenvalue weighted by Crippen LogP contribution is 2.31. The molecular weight excluding hydrogens is 241 g/mol. The molecule has 4 heteroatoms. The summed E-state index contributed by atoms with van der Waals surface area (Å²) >= 11 is 0. The number of nitrogens with zero attached hydrogens (tertiary/aromatic N) is 3. The van der Waals surface area contributed by atoms with Gasteiger partial charge in [-0.3, -0.25) is 4.90 Å². The molecule has 2 saturated heterocycles. The molecule has 0 spiro atoms. The lowest BCUT2D eigenvalue weighted by atomic mass is 10.0. The summed E-state index contributed by atoms with van der Waals surface area (Å²) in [7, 11) is 0. The van der Waals surface area contributed by atoms with Gasteiger partial charge in [0.05, 0.1) is 5.69 Å². The highest BCUT2D eigenvalue weighted by atomic mass is 19.1. The van der Waals surface area contributed by atoms with Crippen molar-refractivity contribution in [3.8, 4) is 6.07 Å². The van der Waals surface area contributed by atoms with Gasteiger partial charge in [-0.05, 0) is 38.4 Å². The van der Waals surface area contributed by atoms with Crippen molar-refractivity contribution in [1.82, 2.24) is 4.90 Å². The summed E-state index contributed by atoms with van der Waals surface area (Å²) < 4.78 is 13.7. The van der Waals surface area contributed by atoms with Crippen LogP contribution in [-0.4, -0.2) is 36.6 Å². The third-order valence-electron chi connectivity index (χ3n) is 4.35. The van der Waals surface area contributed by atoms with E-state index in [1.54, 1.807) is 6.07 Å². The molecule has 0 bridgehead atoms. The molecule has 1 aromatic rings. The van der Waals surface area contributed by atoms with Crippen molar-refractivity contribution in [2.75, 3.05) is 24.5 Å². The quantitative estimate of drug-likeness (QED) is 0.775. The lowest BCUT2D eigenvalue weighted by molar-refractivity contribution is 0.203. The summed E-state index contributed by atoms with van der Waals surface area (Å²) in [6.45, 7) is 5.24. The lowest BCUT2D eigenvalue weighted by Gasteiger charge is -2.43. The van der Waals surface area contributed by atoms with Gasteiger partial charge in [0.15, 0.2) is 0 Å². The Bertz CT molecular complexity index is 523. The summed E-state index contributed by atoms with van der Waals surface area (Å²) in [4.78, 5) is 4.72. The first-order valence-electron chi connectivity index (χ1n) is 6.90. The van der Waals surface area contributed by atoms with Crippen molar-refractivity contribution in [2.24, 2.45) is 0 Å². The maximum absolute atomic E-state index is 13.7. The van der Waals surface area contributed by atoms with Crippen LogP contribution in [0, 0.1) is 17.1 Å². The molecule has 0 radical (unpaired) electrons. The lowest BCUT2D eigenvalue weighted by Crippen LogP contribution is -2.55. The van der Waals surface area contributed by atoms with E-state index >= 15 is 0 Å². The van der Waals surface area contributed by atoms with Crippen molar-refractivity contribution in [2.45, 2.75) is 31.8 Å². The molecule has 0 aliphatic carbocycles. The fourth-order valence-electron chi connectivity index (χ4n) is 3.39. The van der Waals surface area contributed by atoms with Gasteiger partial charge in [0.1, 0.15) is 17.4 Å². The van der Waals surface area contributed by atoms with Crippen LogP contribution in [0.1, 0.15) is 25.3 Å². The van der Waals surface area contributed by atoms with Crippen molar-refractivity contribution >= 4 is 5.69 Å². The minimum atomic E-state index is -0.416. The smallest absolute Gasteiger partial charge is 0.143 e. The van der Waals surface area contributed by atoms with Gasteiger partial charge in [0, 0.05) is 25.2 Å². The van der Waals surface area contributed by atoms with Gasteiger partial charge < -0.3 is 4.90 Å². The fraction of sp³-hybridized carbons (Fsp3) is 0.533. The summed E-state index contributed by atoms with van der Waals surface area (Å²) in [5, 5.41) is 9.18. The van der Waals surface area contributed by atoms with Gasteiger partial charge in [-0.1, -0.05) is 6.07 Å². The molecule has 2 fully saturated rings. The number of hydrogen-bond acceptors (Lipinski definition) is 3. The van der Waals surface area contributed by atoms with Crippen molar-refractivity contribution in [3.05, 3.63) is 29.6 Å². The van der Waals surface area contributed by atoms with Crippen LogP contribution in [0.4, 0.5) is 10.1 Å². The maximum atomic E-state index is 13.7. The summed E-state index contributed by atoms with van der Waals surface area (Å²) in [6.07, 6.45) is 2.46. The molecular formula is C15H18FN3. The number of hydrogen-bond donors (Lipinski definition) is 0. The Balaban J connectivity index is 1.94. The van der Waals surface area contributed by atoms with Crippen molar-refractivity contribution in [1.29, 1.82) is 5.26 Å². The normalized spacial score (nSPS) is 27.1. The summed E-state index contributed by atoms with van der Waals surface area (Å²) in [6, 6.07) is 7.81. The first kappa shape index (κ1) is 12.4. The van der Waals surface area contributed by atoms with E-state index in [-0.39, 0.29) is 5.56 Å². The van der Waals surface area contributed by atoms with Gasteiger partial charge in [0.2, 0.25) is 0 Å². The first-order valence-corrected chi connectivity index (χ1v) is 6.90. The van der Waals surface area contributed by atoms with E-state index in [0.29, 0.717) is 12.1 Å². The Labute approximate surface area is 113 Å². The third kappa shape index (κ3) is 2.08. The molecule has 19 heavy (non-hydrogen) atoms. The highest BCUT2D eigenvalue weighted by Gasteiger charge is 2.35. The van der Waals surface area contributed by atoms with E-state index in [9.17, 15) is 9.65 Å². The van der Waals surface area contributed by atoms with E-state index in [4.69, 9.17) is 0 Å². The molecule has 3 rings (SSSR count). The second kappa shape index (κ2) is 4.82. The zero-order valence-corrected chi connectivity index (χ0v) is 11.1. The zero-order chi connectivity index (χ0) is 13.4. The van der Waals surface area contributed by atoms with Crippen LogP contribution in [0.15, 0.2) is 18.2 Å². The second-order valence-corrected chi connectivity index (χ2v) is 5.54. The highest BCUT2D eigenvalue weighted by molar-refractivity contribution is 5.61. The zero-order valence-electron chi connectivity index (χ0n) is 11.1. The van der Waals surface area contributed by atoms with Crippen LogP contribution in [-0.2, 0) is 0 Å². The average molecular weight is 259 g/mol. The van der Waals surface area contributed by atoms with Crippen LogP contribution >= 0.6 is 0 Å². The van der Waals surface area contributed by atoms with E-state index < -0.39 is 5.82 Å². The second-order valence-electron chi connectivity index (χ2n) is 5.54. The summed E-state index contributed by atoms with van der Waals surface area (Å²) in [5.74, 6) is -0.416. The van der Waals surface area contributed by atoms with Gasteiger partial charge in [0.25, 0.3) is 0 Å². The molecule has 2 heterocycles. The Morgan fingerprint density at radius 3 is 3.00 bits per heavy atom. The fourth-order valence-corrected chi connectivity index (χ4v) is 3.39. The Morgan fingerprint density at radius 1 is 1.37 bits per heavy atom. The molecule has 0 aromatic heterocycles. The number of nitriles is 1. The number of anilines is 1. The van der Waals surface area contributed by atoms with Gasteiger partial charge in [-0.2, -0.15) is 5.26 Å². The molecule has 3 nitrogen and oxygen atoms in total. The number of halogens is 1. The number of rotatable bonds is 1. The molecule has 1 aromatic carbocycles. The first-order chi connectivity index (χ1) is 9.20.